The number of hydrogen-bond donors (Lipinski definition) is 1. The molecule has 2 N–H and O–H groups in total. The average molecular weight is 177 g/mol. The lowest BCUT2D eigenvalue weighted by Crippen LogP contribution is -2.38. The molecule has 0 radical (unpaired) electrons. The van der Waals surface area contributed by atoms with Gasteiger partial charge in [-0.1, -0.05) is 0 Å². The molecule has 1 unspecified atom stereocenters. The van der Waals surface area contributed by atoms with Gasteiger partial charge >= 0.3 is 6.18 Å². The third-order valence-electron chi connectivity index (χ3n) is 0.954. The molecule has 0 aromatic rings. The highest BCUT2D eigenvalue weighted by Gasteiger charge is 2.43. The highest BCUT2D eigenvalue weighted by Crippen LogP contribution is 2.23. The summed E-state index contributed by atoms with van der Waals surface area (Å²) in [5.74, 6) is 0. The normalized spacial score (nSPS) is 16.9. The third kappa shape index (κ3) is 2.53. The zero-order chi connectivity index (χ0) is 8.58. The minimum absolute atomic E-state index is 0.495. The second-order valence-electron chi connectivity index (χ2n) is 1.77. The Morgan fingerprint density at radius 1 is 1.40 bits per heavy atom. The summed E-state index contributed by atoms with van der Waals surface area (Å²) >= 11 is 0. The second-order valence-corrected chi connectivity index (χ2v) is 3.66. The van der Waals surface area contributed by atoms with Crippen molar-refractivity contribution in [1.29, 1.82) is 0 Å². The van der Waals surface area contributed by atoms with Crippen molar-refractivity contribution < 1.29 is 21.6 Å². The van der Waals surface area contributed by atoms with Gasteiger partial charge in [-0.25, -0.2) is 13.6 Å². The number of alkyl halides is 3. The molecule has 0 aliphatic rings. The van der Waals surface area contributed by atoms with Crippen molar-refractivity contribution >= 4 is 10.0 Å². The fourth-order valence-electron chi connectivity index (χ4n) is 0.186. The number of hydrogen-bond acceptors (Lipinski definition) is 2. The van der Waals surface area contributed by atoms with Crippen LogP contribution in [0.2, 0.25) is 0 Å². The predicted molar refractivity (Wildman–Crippen MR) is 28.6 cm³/mol. The first-order valence-electron chi connectivity index (χ1n) is 2.24. The highest BCUT2D eigenvalue weighted by molar-refractivity contribution is 7.89. The minimum atomic E-state index is -4.77. The summed E-state index contributed by atoms with van der Waals surface area (Å²) in [5.41, 5.74) is 0. The molecule has 0 spiro atoms. The molecule has 0 aromatic carbocycles. The molecule has 0 aliphatic carbocycles. The van der Waals surface area contributed by atoms with Gasteiger partial charge in [-0.3, -0.25) is 0 Å². The molecule has 0 saturated carbocycles. The SMILES string of the molecule is CC(C(F)(F)F)S(N)(=O)=O. The summed E-state index contributed by atoms with van der Waals surface area (Å²) in [7, 11) is -4.49. The van der Waals surface area contributed by atoms with Crippen LogP contribution >= 0.6 is 0 Å². The summed E-state index contributed by atoms with van der Waals surface area (Å²) in [5, 5.41) is 1.73. The van der Waals surface area contributed by atoms with E-state index < -0.39 is 21.4 Å². The lowest BCUT2D eigenvalue weighted by molar-refractivity contribution is -0.126. The summed E-state index contributed by atoms with van der Waals surface area (Å²) in [6.07, 6.45) is -4.77. The standard InChI is InChI=1S/C3H6F3NO2S/c1-2(3(4,5)6)10(7,8)9/h2H,1H3,(H2,7,8,9). The molecule has 0 aliphatic heterocycles. The van der Waals surface area contributed by atoms with Crippen LogP contribution in [0.25, 0.3) is 0 Å². The van der Waals surface area contributed by atoms with E-state index in [1.807, 2.05) is 0 Å². The molecule has 1 atom stereocenters. The van der Waals surface area contributed by atoms with Crippen LogP contribution in [-0.2, 0) is 10.0 Å². The van der Waals surface area contributed by atoms with Crippen molar-refractivity contribution in [2.24, 2.45) is 5.14 Å². The van der Waals surface area contributed by atoms with Gasteiger partial charge in [0.05, 0.1) is 0 Å². The molecule has 0 amide bonds. The van der Waals surface area contributed by atoms with E-state index in [1.54, 1.807) is 0 Å². The van der Waals surface area contributed by atoms with Crippen molar-refractivity contribution in [3.05, 3.63) is 0 Å². The van der Waals surface area contributed by atoms with Gasteiger partial charge in [-0.2, -0.15) is 13.2 Å². The average Bonchev–Trinajstić information content (AvgIpc) is 1.59. The molecular weight excluding hydrogens is 171 g/mol. The predicted octanol–water partition coefficient (Wildman–Crippen LogP) is 0.226. The first-order chi connectivity index (χ1) is 4.15. The summed E-state index contributed by atoms with van der Waals surface area (Å²) in [6.45, 7) is 0.495. The Labute approximate surface area is 56.1 Å². The van der Waals surface area contributed by atoms with Crippen LogP contribution in [0.15, 0.2) is 0 Å². The van der Waals surface area contributed by atoms with E-state index in [0.717, 1.165) is 0 Å². The number of rotatable bonds is 1. The fraction of sp³-hybridized carbons (Fsp3) is 1.00. The van der Waals surface area contributed by atoms with E-state index in [0.29, 0.717) is 6.92 Å². The monoisotopic (exact) mass is 177 g/mol. The van der Waals surface area contributed by atoms with Crippen molar-refractivity contribution in [1.82, 2.24) is 0 Å². The quantitative estimate of drug-likeness (QED) is 0.623. The lowest BCUT2D eigenvalue weighted by atomic mass is 10.5. The fourth-order valence-corrected chi connectivity index (χ4v) is 0.559. The van der Waals surface area contributed by atoms with Gasteiger partial charge < -0.3 is 0 Å². The number of sulfonamides is 1. The molecule has 0 bridgehead atoms. The maximum Gasteiger partial charge on any atom is 0.406 e. The van der Waals surface area contributed by atoms with Gasteiger partial charge in [-0.05, 0) is 6.92 Å². The molecule has 0 aromatic heterocycles. The Morgan fingerprint density at radius 3 is 1.70 bits per heavy atom. The minimum Gasteiger partial charge on any atom is -0.228 e. The van der Waals surface area contributed by atoms with Crippen molar-refractivity contribution in [3.63, 3.8) is 0 Å². The van der Waals surface area contributed by atoms with Crippen LogP contribution in [-0.4, -0.2) is 19.8 Å². The van der Waals surface area contributed by atoms with E-state index in [4.69, 9.17) is 0 Å². The summed E-state index contributed by atoms with van der Waals surface area (Å²) in [6, 6.07) is 0. The van der Waals surface area contributed by atoms with Gasteiger partial charge in [0, 0.05) is 0 Å². The van der Waals surface area contributed by atoms with Crippen LogP contribution < -0.4 is 5.14 Å². The van der Waals surface area contributed by atoms with Gasteiger partial charge in [0.2, 0.25) is 10.0 Å². The Balaban J connectivity index is 4.56. The van der Waals surface area contributed by atoms with E-state index in [2.05, 4.69) is 5.14 Å². The van der Waals surface area contributed by atoms with E-state index >= 15 is 0 Å². The molecule has 0 fully saturated rings. The highest BCUT2D eigenvalue weighted by atomic mass is 32.2. The zero-order valence-electron chi connectivity index (χ0n) is 5.01. The molecule has 0 saturated heterocycles. The van der Waals surface area contributed by atoms with Crippen LogP contribution in [0, 0.1) is 0 Å². The van der Waals surface area contributed by atoms with Gasteiger partial charge in [0.25, 0.3) is 0 Å². The van der Waals surface area contributed by atoms with E-state index in [1.165, 1.54) is 0 Å². The molecule has 7 heteroatoms. The number of halogens is 3. The number of primary sulfonamides is 1. The maximum absolute atomic E-state index is 11.5. The van der Waals surface area contributed by atoms with Crippen molar-refractivity contribution in [2.45, 2.75) is 18.3 Å². The number of nitrogens with two attached hydrogens (primary N) is 1. The van der Waals surface area contributed by atoms with Gasteiger partial charge in [0.15, 0.2) is 5.25 Å². The Hall–Kier alpha value is -0.300. The first kappa shape index (κ1) is 9.70. The Kier molecular flexibility index (Phi) is 2.32. The Morgan fingerprint density at radius 2 is 1.70 bits per heavy atom. The van der Waals surface area contributed by atoms with Crippen molar-refractivity contribution in [2.75, 3.05) is 0 Å². The lowest BCUT2D eigenvalue weighted by Gasteiger charge is -2.11. The molecule has 0 heterocycles. The summed E-state index contributed by atoms with van der Waals surface area (Å²) in [4.78, 5) is 0. The van der Waals surface area contributed by atoms with Gasteiger partial charge in [-0.15, -0.1) is 0 Å². The van der Waals surface area contributed by atoms with E-state index in [9.17, 15) is 21.6 Å². The molecule has 3 nitrogen and oxygen atoms in total. The zero-order valence-corrected chi connectivity index (χ0v) is 5.83. The molecule has 62 valence electrons. The third-order valence-corrected chi connectivity index (χ3v) is 2.21. The van der Waals surface area contributed by atoms with Crippen LogP contribution in [0.5, 0.6) is 0 Å². The van der Waals surface area contributed by atoms with Crippen LogP contribution in [0.4, 0.5) is 13.2 Å². The van der Waals surface area contributed by atoms with Gasteiger partial charge in [0.1, 0.15) is 0 Å². The Bertz CT molecular complexity index is 206. The van der Waals surface area contributed by atoms with Crippen LogP contribution in [0.3, 0.4) is 0 Å². The first-order valence-corrected chi connectivity index (χ1v) is 3.85. The smallest absolute Gasteiger partial charge is 0.228 e. The molecular formula is C3H6F3NO2S. The topological polar surface area (TPSA) is 60.2 Å². The van der Waals surface area contributed by atoms with Crippen LogP contribution in [0.1, 0.15) is 6.92 Å². The second kappa shape index (κ2) is 2.39. The van der Waals surface area contributed by atoms with E-state index in [-0.39, 0.29) is 0 Å². The molecule has 10 heavy (non-hydrogen) atoms. The summed E-state index contributed by atoms with van der Waals surface area (Å²) < 4.78 is 54.5. The maximum atomic E-state index is 11.5. The van der Waals surface area contributed by atoms with Crippen molar-refractivity contribution in [3.8, 4) is 0 Å². The largest absolute Gasteiger partial charge is 0.406 e. The molecule has 0 rings (SSSR count).